The van der Waals surface area contributed by atoms with E-state index in [9.17, 15) is 18.0 Å². The number of hydrogen-bond donors (Lipinski definition) is 1. The Bertz CT molecular complexity index is 629. The Labute approximate surface area is 101 Å². The standard InChI is InChI=1S/C13H10F3NO/c1-8-7-17-11(6-12(8)18)9-3-2-4-10(5-9)13(14,15)16/h2-7H,1H3,(H,17,18). The average molecular weight is 253 g/mol. The maximum absolute atomic E-state index is 12.6. The summed E-state index contributed by atoms with van der Waals surface area (Å²) in [6.45, 7) is 1.63. The summed E-state index contributed by atoms with van der Waals surface area (Å²) < 4.78 is 37.7. The van der Waals surface area contributed by atoms with Crippen LogP contribution in [0, 0.1) is 6.92 Å². The molecule has 0 unspecified atom stereocenters. The molecule has 18 heavy (non-hydrogen) atoms. The van der Waals surface area contributed by atoms with Crippen molar-refractivity contribution < 1.29 is 13.2 Å². The van der Waals surface area contributed by atoms with Crippen molar-refractivity contribution in [3.63, 3.8) is 0 Å². The molecule has 0 atom stereocenters. The van der Waals surface area contributed by atoms with E-state index in [2.05, 4.69) is 4.98 Å². The molecule has 1 N–H and O–H groups in total. The highest BCUT2D eigenvalue weighted by Crippen LogP contribution is 2.31. The SMILES string of the molecule is Cc1c[nH]c(-c2cccc(C(F)(F)F)c2)cc1=O. The van der Waals surface area contributed by atoms with Gasteiger partial charge in [0.05, 0.1) is 5.56 Å². The molecule has 2 rings (SSSR count). The molecule has 1 aromatic heterocycles. The van der Waals surface area contributed by atoms with Crippen LogP contribution >= 0.6 is 0 Å². The normalized spacial score (nSPS) is 11.6. The Morgan fingerprint density at radius 2 is 1.89 bits per heavy atom. The minimum atomic E-state index is -4.39. The third-order valence-corrected chi connectivity index (χ3v) is 2.61. The van der Waals surface area contributed by atoms with Gasteiger partial charge >= 0.3 is 6.18 Å². The molecule has 0 fully saturated rings. The number of rotatable bonds is 1. The lowest BCUT2D eigenvalue weighted by atomic mass is 10.1. The highest BCUT2D eigenvalue weighted by molar-refractivity contribution is 5.60. The van der Waals surface area contributed by atoms with Crippen LogP contribution in [-0.2, 0) is 6.18 Å². The van der Waals surface area contributed by atoms with Crippen LogP contribution in [0.1, 0.15) is 11.1 Å². The first-order valence-corrected chi connectivity index (χ1v) is 5.25. The summed E-state index contributed by atoms with van der Waals surface area (Å²) in [4.78, 5) is 14.3. The van der Waals surface area contributed by atoms with Crippen LogP contribution in [0.5, 0.6) is 0 Å². The smallest absolute Gasteiger partial charge is 0.361 e. The number of halogens is 3. The van der Waals surface area contributed by atoms with E-state index in [1.165, 1.54) is 24.4 Å². The van der Waals surface area contributed by atoms with Crippen LogP contribution in [-0.4, -0.2) is 4.98 Å². The first-order valence-electron chi connectivity index (χ1n) is 5.25. The van der Waals surface area contributed by atoms with Crippen molar-refractivity contribution in [2.24, 2.45) is 0 Å². The minimum absolute atomic E-state index is 0.207. The number of aromatic nitrogens is 1. The van der Waals surface area contributed by atoms with E-state index in [4.69, 9.17) is 0 Å². The van der Waals surface area contributed by atoms with Crippen molar-refractivity contribution in [1.29, 1.82) is 0 Å². The lowest BCUT2D eigenvalue weighted by Gasteiger charge is -2.08. The van der Waals surface area contributed by atoms with E-state index >= 15 is 0 Å². The molecule has 1 aromatic carbocycles. The van der Waals surface area contributed by atoms with Gasteiger partial charge in [-0.05, 0) is 24.6 Å². The van der Waals surface area contributed by atoms with Gasteiger partial charge in [-0.1, -0.05) is 12.1 Å². The van der Waals surface area contributed by atoms with E-state index in [1.807, 2.05) is 0 Å². The maximum atomic E-state index is 12.6. The largest absolute Gasteiger partial charge is 0.416 e. The average Bonchev–Trinajstić information content (AvgIpc) is 2.32. The van der Waals surface area contributed by atoms with Crippen molar-refractivity contribution >= 4 is 0 Å². The van der Waals surface area contributed by atoms with Crippen molar-refractivity contribution in [1.82, 2.24) is 4.98 Å². The number of H-pyrrole nitrogens is 1. The predicted octanol–water partition coefficient (Wildman–Crippen LogP) is 3.37. The molecule has 2 aromatic rings. The fraction of sp³-hybridized carbons (Fsp3) is 0.154. The second kappa shape index (κ2) is 4.33. The van der Waals surface area contributed by atoms with Gasteiger partial charge in [0.1, 0.15) is 0 Å². The summed E-state index contributed by atoms with van der Waals surface area (Å²) in [5.41, 5.74) is 0.284. The second-order valence-corrected chi connectivity index (χ2v) is 3.97. The molecule has 2 nitrogen and oxygen atoms in total. The predicted molar refractivity (Wildman–Crippen MR) is 62.2 cm³/mol. The second-order valence-electron chi connectivity index (χ2n) is 3.97. The van der Waals surface area contributed by atoms with Gasteiger partial charge in [0.15, 0.2) is 5.43 Å². The van der Waals surface area contributed by atoms with Crippen molar-refractivity contribution in [2.75, 3.05) is 0 Å². The molecule has 0 aliphatic rings. The van der Waals surface area contributed by atoms with Crippen LogP contribution in [0.25, 0.3) is 11.3 Å². The molecule has 5 heteroatoms. The van der Waals surface area contributed by atoms with E-state index < -0.39 is 11.7 Å². The highest BCUT2D eigenvalue weighted by Gasteiger charge is 2.30. The van der Waals surface area contributed by atoms with Crippen LogP contribution in [0.4, 0.5) is 13.2 Å². The van der Waals surface area contributed by atoms with Crippen LogP contribution in [0.15, 0.2) is 41.3 Å². The van der Waals surface area contributed by atoms with E-state index in [1.54, 1.807) is 6.92 Å². The molecule has 0 saturated heterocycles. The molecule has 94 valence electrons. The third-order valence-electron chi connectivity index (χ3n) is 2.61. The number of aromatic amines is 1. The molecule has 0 saturated carbocycles. The Morgan fingerprint density at radius 3 is 2.50 bits per heavy atom. The zero-order valence-corrected chi connectivity index (χ0v) is 9.51. The summed E-state index contributed by atoms with van der Waals surface area (Å²) in [6, 6.07) is 6.15. The van der Waals surface area contributed by atoms with Gasteiger partial charge < -0.3 is 4.98 Å². The monoisotopic (exact) mass is 253 g/mol. The Morgan fingerprint density at radius 1 is 1.17 bits per heavy atom. The number of benzene rings is 1. The Kier molecular flexibility index (Phi) is 2.98. The number of pyridine rings is 1. The Hall–Kier alpha value is -2.04. The number of alkyl halides is 3. The quantitative estimate of drug-likeness (QED) is 0.830. The first-order chi connectivity index (χ1) is 8.38. The summed E-state index contributed by atoms with van der Waals surface area (Å²) in [7, 11) is 0. The summed E-state index contributed by atoms with van der Waals surface area (Å²) in [6.07, 6.45) is -2.90. The Balaban J connectivity index is 2.51. The fourth-order valence-corrected chi connectivity index (χ4v) is 1.57. The zero-order valence-electron chi connectivity index (χ0n) is 9.51. The van der Waals surface area contributed by atoms with Gasteiger partial charge in [0.2, 0.25) is 0 Å². The molecular weight excluding hydrogens is 243 g/mol. The third kappa shape index (κ3) is 2.45. The van der Waals surface area contributed by atoms with Gasteiger partial charge in [-0.2, -0.15) is 13.2 Å². The van der Waals surface area contributed by atoms with Crippen molar-refractivity contribution in [3.05, 3.63) is 57.9 Å². The fourth-order valence-electron chi connectivity index (χ4n) is 1.57. The molecule has 0 radical (unpaired) electrons. The first kappa shape index (κ1) is 12.4. The number of aryl methyl sites for hydroxylation is 1. The van der Waals surface area contributed by atoms with Gasteiger partial charge in [0.25, 0.3) is 0 Å². The molecule has 0 bridgehead atoms. The molecule has 0 spiro atoms. The molecule has 0 aliphatic heterocycles. The van der Waals surface area contributed by atoms with Crippen LogP contribution < -0.4 is 5.43 Å². The zero-order chi connectivity index (χ0) is 13.3. The van der Waals surface area contributed by atoms with E-state index in [0.717, 1.165) is 12.1 Å². The van der Waals surface area contributed by atoms with Crippen LogP contribution in [0.3, 0.4) is 0 Å². The molecule has 0 aliphatic carbocycles. The summed E-state index contributed by atoms with van der Waals surface area (Å²) >= 11 is 0. The minimum Gasteiger partial charge on any atom is -0.361 e. The van der Waals surface area contributed by atoms with Gasteiger partial charge in [0, 0.05) is 23.5 Å². The lowest BCUT2D eigenvalue weighted by molar-refractivity contribution is -0.137. The maximum Gasteiger partial charge on any atom is 0.416 e. The summed E-state index contributed by atoms with van der Waals surface area (Å²) in [5.74, 6) is 0. The van der Waals surface area contributed by atoms with Crippen molar-refractivity contribution in [2.45, 2.75) is 13.1 Å². The lowest BCUT2D eigenvalue weighted by Crippen LogP contribution is -2.06. The van der Waals surface area contributed by atoms with Crippen LogP contribution in [0.2, 0.25) is 0 Å². The topological polar surface area (TPSA) is 32.9 Å². The van der Waals surface area contributed by atoms with E-state index in [0.29, 0.717) is 16.8 Å². The highest BCUT2D eigenvalue weighted by atomic mass is 19.4. The number of nitrogens with one attached hydrogen (secondary N) is 1. The van der Waals surface area contributed by atoms with E-state index in [-0.39, 0.29) is 5.43 Å². The number of hydrogen-bond acceptors (Lipinski definition) is 1. The molecule has 0 amide bonds. The molecular formula is C13H10F3NO. The van der Waals surface area contributed by atoms with Gasteiger partial charge in [-0.15, -0.1) is 0 Å². The van der Waals surface area contributed by atoms with Gasteiger partial charge in [-0.3, -0.25) is 4.79 Å². The molecule has 1 heterocycles. The summed E-state index contributed by atoms with van der Waals surface area (Å²) in [5, 5.41) is 0. The van der Waals surface area contributed by atoms with Gasteiger partial charge in [-0.25, -0.2) is 0 Å². The van der Waals surface area contributed by atoms with Crippen molar-refractivity contribution in [3.8, 4) is 11.3 Å².